The van der Waals surface area contributed by atoms with Crippen LogP contribution in [0.5, 0.6) is 0 Å². The lowest BCUT2D eigenvalue weighted by atomic mass is 10.1. The average Bonchev–Trinajstić information content (AvgIpc) is 2.74. The van der Waals surface area contributed by atoms with Crippen LogP contribution >= 0.6 is 50.1 Å². The van der Waals surface area contributed by atoms with Gasteiger partial charge in [-0.05, 0) is 76.7 Å². The molecule has 0 heterocycles. The summed E-state index contributed by atoms with van der Waals surface area (Å²) in [4.78, 5) is 31.1. The lowest BCUT2D eigenvalue weighted by Gasteiger charge is -1.96. The summed E-state index contributed by atoms with van der Waals surface area (Å²) in [5, 5.41) is 25.6. The molecule has 0 atom stereocenters. The summed E-state index contributed by atoms with van der Waals surface area (Å²) < 4.78 is 1.73. The van der Waals surface area contributed by atoms with Gasteiger partial charge >= 0.3 is 17.9 Å². The Morgan fingerprint density at radius 2 is 1.19 bits per heavy atom. The number of rotatable bonds is 4. The molecule has 0 saturated carbocycles. The Kier molecular flexibility index (Phi) is 11.8. The van der Waals surface area contributed by atoms with Crippen LogP contribution in [0.1, 0.15) is 36.6 Å². The molecule has 0 aliphatic carbocycles. The van der Waals surface area contributed by atoms with Gasteiger partial charge in [0.1, 0.15) is 0 Å². The summed E-state index contributed by atoms with van der Waals surface area (Å²) in [5.41, 5.74) is 1.75. The van der Waals surface area contributed by atoms with Gasteiger partial charge in [-0.25, -0.2) is 14.4 Å². The Hall–Kier alpha value is -2.43. The Morgan fingerprint density at radius 3 is 1.58 bits per heavy atom. The summed E-state index contributed by atoms with van der Waals surface area (Å²) in [6.45, 7) is 0. The number of alkyl halides is 1. The van der Waals surface area contributed by atoms with Gasteiger partial charge in [0.05, 0.1) is 16.7 Å². The molecule has 0 fully saturated rings. The summed E-state index contributed by atoms with van der Waals surface area (Å²) in [6.07, 6.45) is 0. The van der Waals surface area contributed by atoms with E-state index in [9.17, 15) is 14.4 Å². The lowest BCUT2D eigenvalue weighted by molar-refractivity contribution is 0.0686. The van der Waals surface area contributed by atoms with Gasteiger partial charge in [-0.3, -0.25) is 0 Å². The molecule has 0 spiro atoms. The van der Waals surface area contributed by atoms with Crippen molar-refractivity contribution in [1.29, 1.82) is 0 Å². The van der Waals surface area contributed by atoms with Crippen molar-refractivity contribution in [2.75, 3.05) is 0 Å². The van der Waals surface area contributed by atoms with Crippen molar-refractivity contribution in [3.63, 3.8) is 0 Å². The van der Waals surface area contributed by atoms with Gasteiger partial charge in [0.2, 0.25) is 0 Å². The standard InChI is InChI=1S/C8H7ClO2.C7H5BrO2.C7H5IO2/c9-5-6-2-1-3-7(4-6)8(10)11;2*8-6-3-1-2-5(4-6)7(9)10/h1-4H,5H2,(H,10,11);2*1-4H,(H,9,10). The van der Waals surface area contributed by atoms with Crippen molar-refractivity contribution in [2.45, 2.75) is 5.88 Å². The van der Waals surface area contributed by atoms with Crippen LogP contribution in [0.4, 0.5) is 0 Å². The molecule has 162 valence electrons. The van der Waals surface area contributed by atoms with E-state index in [4.69, 9.17) is 26.9 Å². The van der Waals surface area contributed by atoms with Gasteiger partial charge < -0.3 is 15.3 Å². The zero-order chi connectivity index (χ0) is 23.4. The van der Waals surface area contributed by atoms with Crippen LogP contribution in [0.2, 0.25) is 0 Å². The Bertz CT molecular complexity index is 1000. The molecule has 0 aromatic heterocycles. The third-order valence-corrected chi connectivity index (χ3v) is 4.94. The maximum absolute atomic E-state index is 10.4. The normalized spacial score (nSPS) is 9.39. The van der Waals surface area contributed by atoms with Crippen molar-refractivity contribution in [3.8, 4) is 0 Å². The monoisotopic (exact) mass is 618 g/mol. The number of halogens is 3. The molecule has 6 nitrogen and oxygen atoms in total. The number of aromatic carboxylic acids is 3. The van der Waals surface area contributed by atoms with Crippen molar-refractivity contribution in [3.05, 3.63) is 103 Å². The second-order valence-electron chi connectivity index (χ2n) is 5.77. The predicted octanol–water partition coefficient (Wildman–Crippen LogP) is 6.26. The van der Waals surface area contributed by atoms with Crippen LogP contribution in [0.25, 0.3) is 0 Å². The highest BCUT2D eigenvalue weighted by molar-refractivity contribution is 14.1. The largest absolute Gasteiger partial charge is 0.478 e. The topological polar surface area (TPSA) is 112 Å². The highest BCUT2D eigenvalue weighted by atomic mass is 127. The molecule has 3 rings (SSSR count). The minimum atomic E-state index is -0.919. The van der Waals surface area contributed by atoms with Gasteiger partial charge in [0.15, 0.2) is 0 Å². The molecule has 0 aliphatic heterocycles. The van der Waals surface area contributed by atoms with Crippen LogP contribution < -0.4 is 0 Å². The van der Waals surface area contributed by atoms with Crippen molar-refractivity contribution in [2.24, 2.45) is 0 Å². The van der Waals surface area contributed by atoms with Crippen molar-refractivity contribution in [1.82, 2.24) is 0 Å². The van der Waals surface area contributed by atoms with Gasteiger partial charge in [-0.15, -0.1) is 11.6 Å². The third kappa shape index (κ3) is 10.4. The zero-order valence-corrected chi connectivity index (χ0v) is 20.3. The van der Waals surface area contributed by atoms with E-state index in [0.717, 1.165) is 13.6 Å². The lowest BCUT2D eigenvalue weighted by Crippen LogP contribution is -1.95. The van der Waals surface area contributed by atoms with Crippen LogP contribution in [-0.2, 0) is 5.88 Å². The number of hydrogen-bond donors (Lipinski definition) is 3. The summed E-state index contributed by atoms with van der Waals surface area (Å²) in [6, 6.07) is 19.9. The molecule has 3 aromatic carbocycles. The summed E-state index contributed by atoms with van der Waals surface area (Å²) >= 11 is 10.8. The second-order valence-corrected chi connectivity index (χ2v) is 8.20. The highest BCUT2D eigenvalue weighted by Crippen LogP contribution is 2.11. The SMILES string of the molecule is O=C(O)c1cccc(Br)c1.O=C(O)c1cccc(CCl)c1.O=C(O)c1cccc(I)c1. The second kappa shape index (κ2) is 13.8. The van der Waals surface area contributed by atoms with E-state index in [1.54, 1.807) is 66.7 Å². The molecule has 0 aliphatic rings. The van der Waals surface area contributed by atoms with E-state index in [1.807, 2.05) is 6.07 Å². The summed E-state index contributed by atoms with van der Waals surface area (Å²) in [7, 11) is 0. The van der Waals surface area contributed by atoms with E-state index in [-0.39, 0.29) is 5.56 Å². The number of carboxylic acid groups (broad SMARTS) is 3. The Balaban J connectivity index is 0.000000233. The fraction of sp³-hybridized carbons (Fsp3) is 0.0455. The molecule has 0 unspecified atom stereocenters. The minimum Gasteiger partial charge on any atom is -0.478 e. The predicted molar refractivity (Wildman–Crippen MR) is 130 cm³/mol. The molecule has 0 saturated heterocycles. The molecule has 0 amide bonds. The van der Waals surface area contributed by atoms with Crippen LogP contribution in [0.15, 0.2) is 77.3 Å². The fourth-order valence-electron chi connectivity index (χ4n) is 2.03. The smallest absolute Gasteiger partial charge is 0.335 e. The number of carbonyl (C=O) groups is 3. The Morgan fingerprint density at radius 1 is 0.742 bits per heavy atom. The Labute approximate surface area is 205 Å². The third-order valence-electron chi connectivity index (χ3n) is 3.47. The van der Waals surface area contributed by atoms with Crippen molar-refractivity contribution < 1.29 is 29.7 Å². The van der Waals surface area contributed by atoms with Gasteiger partial charge in [-0.2, -0.15) is 0 Å². The first-order chi connectivity index (χ1) is 14.6. The fourth-order valence-corrected chi connectivity index (χ4v) is 3.14. The van der Waals surface area contributed by atoms with Gasteiger partial charge in [0, 0.05) is 13.9 Å². The molecular weight excluding hydrogens is 602 g/mol. The van der Waals surface area contributed by atoms with Gasteiger partial charge in [-0.1, -0.05) is 40.2 Å². The molecule has 31 heavy (non-hydrogen) atoms. The molecule has 9 heteroatoms. The zero-order valence-electron chi connectivity index (χ0n) is 15.8. The van der Waals surface area contributed by atoms with Gasteiger partial charge in [0.25, 0.3) is 0 Å². The van der Waals surface area contributed by atoms with E-state index >= 15 is 0 Å². The molecule has 3 N–H and O–H groups in total. The van der Waals surface area contributed by atoms with E-state index in [0.29, 0.717) is 17.0 Å². The molecule has 0 radical (unpaired) electrons. The summed E-state index contributed by atoms with van der Waals surface area (Å²) in [5.74, 6) is -2.35. The number of benzene rings is 3. The minimum absolute atomic E-state index is 0.281. The maximum Gasteiger partial charge on any atom is 0.335 e. The first-order valence-electron chi connectivity index (χ1n) is 8.50. The molecule has 3 aromatic rings. The van der Waals surface area contributed by atoms with Crippen LogP contribution in [-0.4, -0.2) is 33.2 Å². The number of hydrogen-bond acceptors (Lipinski definition) is 3. The van der Waals surface area contributed by atoms with Crippen LogP contribution in [0, 0.1) is 3.57 Å². The van der Waals surface area contributed by atoms with Crippen molar-refractivity contribution >= 4 is 68.0 Å². The first kappa shape index (κ1) is 26.6. The van der Waals surface area contributed by atoms with E-state index in [2.05, 4.69) is 38.5 Å². The maximum atomic E-state index is 10.4. The van der Waals surface area contributed by atoms with E-state index in [1.165, 1.54) is 0 Å². The number of carboxylic acids is 3. The quantitative estimate of drug-likeness (QED) is 0.235. The van der Waals surface area contributed by atoms with E-state index < -0.39 is 17.9 Å². The average molecular weight is 620 g/mol. The molecule has 0 bridgehead atoms. The first-order valence-corrected chi connectivity index (χ1v) is 10.9. The molecular formula is C22H17BrClIO6. The van der Waals surface area contributed by atoms with Crippen LogP contribution in [0.3, 0.4) is 0 Å². The highest BCUT2D eigenvalue weighted by Gasteiger charge is 2.02.